The molecule has 26 heavy (non-hydrogen) atoms. The fraction of sp³-hybridized carbons (Fsp3) is 0.300. The third-order valence-electron chi connectivity index (χ3n) is 3.97. The number of hydrogen-bond donors (Lipinski definition) is 2. The van der Waals surface area contributed by atoms with Crippen LogP contribution in [0.2, 0.25) is 0 Å². The molecule has 6 heteroatoms. The van der Waals surface area contributed by atoms with Gasteiger partial charge in [0.15, 0.2) is 0 Å². The molecule has 0 aliphatic rings. The van der Waals surface area contributed by atoms with E-state index in [1.807, 2.05) is 30.3 Å². The van der Waals surface area contributed by atoms with E-state index in [-0.39, 0.29) is 11.9 Å². The van der Waals surface area contributed by atoms with Crippen LogP contribution in [0.5, 0.6) is 0 Å². The maximum atomic E-state index is 12.9. The van der Waals surface area contributed by atoms with Gasteiger partial charge in [-0.05, 0) is 30.2 Å². The van der Waals surface area contributed by atoms with Crippen molar-refractivity contribution in [2.24, 2.45) is 5.73 Å². The topological polar surface area (TPSA) is 78.7 Å². The molecule has 138 valence electrons. The summed E-state index contributed by atoms with van der Waals surface area (Å²) in [6.07, 6.45) is 0.767. The van der Waals surface area contributed by atoms with Crippen LogP contribution < -0.4 is 11.1 Å². The molecule has 0 radical (unpaired) electrons. The zero-order valence-corrected chi connectivity index (χ0v) is 15.3. The summed E-state index contributed by atoms with van der Waals surface area (Å²) < 4.78 is 0. The second-order valence-corrected chi connectivity index (χ2v) is 6.22. The lowest BCUT2D eigenvalue weighted by molar-refractivity contribution is 0.0762. The van der Waals surface area contributed by atoms with Crippen molar-refractivity contribution in [2.75, 3.05) is 39.0 Å². The predicted octanol–water partition coefficient (Wildman–Crippen LogP) is 2.42. The summed E-state index contributed by atoms with van der Waals surface area (Å²) in [5, 5.41) is 2.76. The number of urea groups is 1. The Kier molecular flexibility index (Phi) is 7.17. The van der Waals surface area contributed by atoms with Gasteiger partial charge in [-0.3, -0.25) is 4.79 Å². The molecule has 0 unspecified atom stereocenters. The molecule has 0 aliphatic carbocycles. The van der Waals surface area contributed by atoms with Crippen LogP contribution in [-0.4, -0.2) is 55.5 Å². The second-order valence-electron chi connectivity index (χ2n) is 6.22. The highest BCUT2D eigenvalue weighted by molar-refractivity contribution is 5.96. The van der Waals surface area contributed by atoms with Crippen LogP contribution in [0.15, 0.2) is 54.6 Å². The van der Waals surface area contributed by atoms with E-state index in [1.165, 1.54) is 10.5 Å². The monoisotopic (exact) mass is 354 g/mol. The summed E-state index contributed by atoms with van der Waals surface area (Å²) in [5.74, 6) is -0.0904. The highest BCUT2D eigenvalue weighted by Crippen LogP contribution is 2.14. The van der Waals surface area contributed by atoms with Crippen molar-refractivity contribution in [3.63, 3.8) is 0 Å². The number of nitrogens with two attached hydrogens (primary N) is 1. The van der Waals surface area contributed by atoms with Gasteiger partial charge in [0, 0.05) is 45.0 Å². The van der Waals surface area contributed by atoms with Gasteiger partial charge in [0.25, 0.3) is 5.91 Å². The van der Waals surface area contributed by atoms with Crippen molar-refractivity contribution in [3.05, 3.63) is 65.7 Å². The third-order valence-corrected chi connectivity index (χ3v) is 3.97. The minimum Gasteiger partial charge on any atom is -0.337 e. The zero-order valence-electron chi connectivity index (χ0n) is 15.3. The van der Waals surface area contributed by atoms with Gasteiger partial charge in [0.05, 0.1) is 0 Å². The fourth-order valence-corrected chi connectivity index (χ4v) is 2.53. The average molecular weight is 354 g/mol. The van der Waals surface area contributed by atoms with Gasteiger partial charge in [-0.1, -0.05) is 36.4 Å². The first-order valence-corrected chi connectivity index (χ1v) is 8.63. The molecule has 6 nitrogen and oxygen atoms in total. The van der Waals surface area contributed by atoms with E-state index in [1.54, 1.807) is 43.3 Å². The van der Waals surface area contributed by atoms with E-state index in [0.29, 0.717) is 30.9 Å². The summed E-state index contributed by atoms with van der Waals surface area (Å²) in [4.78, 5) is 27.9. The van der Waals surface area contributed by atoms with Crippen molar-refractivity contribution in [3.8, 4) is 0 Å². The van der Waals surface area contributed by atoms with Gasteiger partial charge in [0.2, 0.25) is 0 Å². The second kappa shape index (κ2) is 9.58. The van der Waals surface area contributed by atoms with E-state index in [9.17, 15) is 9.59 Å². The molecule has 0 aromatic heterocycles. The van der Waals surface area contributed by atoms with Gasteiger partial charge in [0.1, 0.15) is 0 Å². The molecule has 0 aliphatic heterocycles. The zero-order chi connectivity index (χ0) is 18.9. The van der Waals surface area contributed by atoms with Crippen molar-refractivity contribution in [2.45, 2.75) is 6.42 Å². The molecule has 0 spiro atoms. The molecule has 0 saturated carbocycles. The maximum Gasteiger partial charge on any atom is 0.321 e. The summed E-state index contributed by atoms with van der Waals surface area (Å²) in [6.45, 7) is 1.48. The van der Waals surface area contributed by atoms with E-state index in [4.69, 9.17) is 5.73 Å². The molecule has 3 N–H and O–H groups in total. The number of benzene rings is 2. The minimum atomic E-state index is -0.238. The Morgan fingerprint density at radius 3 is 2.38 bits per heavy atom. The van der Waals surface area contributed by atoms with E-state index >= 15 is 0 Å². The quantitative estimate of drug-likeness (QED) is 0.801. The third kappa shape index (κ3) is 5.60. The van der Waals surface area contributed by atoms with Crippen LogP contribution >= 0.6 is 0 Å². The minimum absolute atomic E-state index is 0.0904. The Morgan fingerprint density at radius 1 is 1.00 bits per heavy atom. The largest absolute Gasteiger partial charge is 0.337 e. The van der Waals surface area contributed by atoms with E-state index < -0.39 is 0 Å². The standard InChI is InChI=1S/C20H26N4O2/c1-23(2)20(26)22-18-10-6-9-17(15-18)19(25)24(14-12-21)13-11-16-7-4-3-5-8-16/h3-10,15H,11-14,21H2,1-2H3,(H,22,26). The van der Waals surface area contributed by atoms with Crippen LogP contribution in [-0.2, 0) is 6.42 Å². The van der Waals surface area contributed by atoms with Gasteiger partial charge in [-0.25, -0.2) is 4.79 Å². The van der Waals surface area contributed by atoms with Crippen molar-refractivity contribution < 1.29 is 9.59 Å². The molecule has 2 aromatic rings. The Balaban J connectivity index is 2.08. The van der Waals surface area contributed by atoms with Crippen LogP contribution in [0.1, 0.15) is 15.9 Å². The predicted molar refractivity (Wildman–Crippen MR) is 104 cm³/mol. The molecule has 2 aromatic carbocycles. The lowest BCUT2D eigenvalue weighted by Gasteiger charge is -2.22. The summed E-state index contributed by atoms with van der Waals surface area (Å²) in [6, 6.07) is 16.8. The molecule has 0 saturated heterocycles. The van der Waals surface area contributed by atoms with E-state index in [0.717, 1.165) is 6.42 Å². The normalized spacial score (nSPS) is 10.3. The van der Waals surface area contributed by atoms with Gasteiger partial charge in [-0.2, -0.15) is 0 Å². The average Bonchev–Trinajstić information content (AvgIpc) is 2.65. The molecule has 2 rings (SSSR count). The molecule has 0 heterocycles. The molecule has 3 amide bonds. The van der Waals surface area contributed by atoms with Crippen molar-refractivity contribution >= 4 is 17.6 Å². The first kappa shape index (κ1) is 19.5. The van der Waals surface area contributed by atoms with Crippen LogP contribution in [0.25, 0.3) is 0 Å². The number of amides is 3. The molecule has 0 atom stereocenters. The first-order valence-electron chi connectivity index (χ1n) is 8.63. The maximum absolute atomic E-state index is 12.9. The molecule has 0 fully saturated rings. The Bertz CT molecular complexity index is 732. The number of nitrogens with zero attached hydrogens (tertiary/aromatic N) is 2. The number of anilines is 1. The number of carbonyl (C=O) groups is 2. The van der Waals surface area contributed by atoms with Gasteiger partial charge in [-0.15, -0.1) is 0 Å². The SMILES string of the molecule is CN(C)C(=O)Nc1cccc(C(=O)N(CCN)CCc2ccccc2)c1. The number of hydrogen-bond acceptors (Lipinski definition) is 3. The molecule has 0 bridgehead atoms. The first-order chi connectivity index (χ1) is 12.5. The number of nitrogens with one attached hydrogen (secondary N) is 1. The Labute approximate surface area is 154 Å². The highest BCUT2D eigenvalue weighted by atomic mass is 16.2. The summed E-state index contributed by atoms with van der Waals surface area (Å²) in [5.41, 5.74) is 7.98. The van der Waals surface area contributed by atoms with Gasteiger partial charge >= 0.3 is 6.03 Å². The van der Waals surface area contributed by atoms with Crippen LogP contribution in [0.4, 0.5) is 10.5 Å². The van der Waals surface area contributed by atoms with Crippen molar-refractivity contribution in [1.82, 2.24) is 9.80 Å². The molecular weight excluding hydrogens is 328 g/mol. The van der Waals surface area contributed by atoms with Crippen LogP contribution in [0, 0.1) is 0 Å². The lowest BCUT2D eigenvalue weighted by Crippen LogP contribution is -2.37. The summed E-state index contributed by atoms with van der Waals surface area (Å²) >= 11 is 0. The van der Waals surface area contributed by atoms with Gasteiger partial charge < -0.3 is 20.9 Å². The Hall–Kier alpha value is -2.86. The molecular formula is C20H26N4O2. The van der Waals surface area contributed by atoms with Crippen molar-refractivity contribution in [1.29, 1.82) is 0 Å². The number of carbonyl (C=O) groups excluding carboxylic acids is 2. The summed E-state index contributed by atoms with van der Waals surface area (Å²) in [7, 11) is 3.33. The smallest absolute Gasteiger partial charge is 0.321 e. The lowest BCUT2D eigenvalue weighted by atomic mass is 10.1. The number of rotatable bonds is 7. The fourth-order valence-electron chi connectivity index (χ4n) is 2.53. The van der Waals surface area contributed by atoms with Crippen LogP contribution in [0.3, 0.4) is 0 Å². The highest BCUT2D eigenvalue weighted by Gasteiger charge is 2.16. The van der Waals surface area contributed by atoms with E-state index in [2.05, 4.69) is 5.32 Å². The Morgan fingerprint density at radius 2 is 1.73 bits per heavy atom.